The van der Waals surface area contributed by atoms with Crippen molar-refractivity contribution >= 4 is 35.6 Å². The van der Waals surface area contributed by atoms with Crippen molar-refractivity contribution in [1.82, 2.24) is 15.5 Å². The van der Waals surface area contributed by atoms with Gasteiger partial charge in [-0.3, -0.25) is 9.89 Å². The summed E-state index contributed by atoms with van der Waals surface area (Å²) in [6, 6.07) is 14.6. The minimum absolute atomic E-state index is 0. The molecule has 29 heavy (non-hydrogen) atoms. The zero-order valence-corrected chi connectivity index (χ0v) is 19.7. The predicted molar refractivity (Wildman–Crippen MR) is 132 cm³/mol. The number of benzene rings is 1. The number of furan rings is 1. The summed E-state index contributed by atoms with van der Waals surface area (Å²) in [6.07, 6.45) is 4.94. The molecule has 3 rings (SSSR count). The molecule has 0 amide bonds. The number of rotatable bonds is 9. The van der Waals surface area contributed by atoms with Crippen molar-refractivity contribution in [3.8, 4) is 0 Å². The molecule has 1 aromatic carbocycles. The summed E-state index contributed by atoms with van der Waals surface area (Å²) in [7, 11) is 1.81. The maximum absolute atomic E-state index is 5.34. The van der Waals surface area contributed by atoms with Crippen molar-refractivity contribution in [2.45, 2.75) is 19.3 Å². The monoisotopic (exact) mass is 511 g/mol. The number of halogens is 1. The predicted octanol–water partition coefficient (Wildman–Crippen LogP) is 3.21. The molecule has 6 nitrogen and oxygen atoms in total. The van der Waals surface area contributed by atoms with E-state index >= 15 is 0 Å². The molecule has 160 valence electrons. The van der Waals surface area contributed by atoms with Crippen LogP contribution in [-0.4, -0.2) is 63.7 Å². The van der Waals surface area contributed by atoms with Gasteiger partial charge in [0.2, 0.25) is 0 Å². The first-order valence-electron chi connectivity index (χ1n) is 10.3. The first kappa shape index (κ1) is 23.5. The Morgan fingerprint density at radius 2 is 1.72 bits per heavy atom. The zero-order valence-electron chi connectivity index (χ0n) is 17.3. The van der Waals surface area contributed by atoms with Gasteiger partial charge in [0, 0.05) is 58.4 Å². The maximum atomic E-state index is 5.34. The molecule has 0 radical (unpaired) electrons. The van der Waals surface area contributed by atoms with Gasteiger partial charge >= 0.3 is 0 Å². The highest BCUT2D eigenvalue weighted by molar-refractivity contribution is 14.0. The maximum Gasteiger partial charge on any atom is 0.190 e. The number of hydrogen-bond donors (Lipinski definition) is 2. The summed E-state index contributed by atoms with van der Waals surface area (Å²) in [5.41, 5.74) is 1.34. The first-order valence-corrected chi connectivity index (χ1v) is 10.3. The normalized spacial score (nSPS) is 15.1. The van der Waals surface area contributed by atoms with Crippen LogP contribution in [0.4, 0.5) is 5.69 Å². The molecular weight excluding hydrogens is 477 g/mol. The number of para-hydroxylation sites is 1. The van der Waals surface area contributed by atoms with E-state index in [1.165, 1.54) is 18.7 Å². The molecule has 0 unspecified atom stereocenters. The Kier molecular flexibility index (Phi) is 10.9. The van der Waals surface area contributed by atoms with Crippen LogP contribution in [0.15, 0.2) is 58.1 Å². The van der Waals surface area contributed by atoms with Crippen LogP contribution in [0.3, 0.4) is 0 Å². The SMILES string of the molecule is CN=C(NCCCCN1CCN(c2ccccc2)CC1)NCCc1ccco1.I. The van der Waals surface area contributed by atoms with Crippen molar-refractivity contribution < 1.29 is 4.42 Å². The highest BCUT2D eigenvalue weighted by Gasteiger charge is 2.16. The molecule has 1 fully saturated rings. The first-order chi connectivity index (χ1) is 13.8. The molecule has 0 bridgehead atoms. The van der Waals surface area contributed by atoms with Crippen molar-refractivity contribution in [3.05, 3.63) is 54.5 Å². The average Bonchev–Trinajstić information content (AvgIpc) is 3.27. The van der Waals surface area contributed by atoms with Gasteiger partial charge in [0.25, 0.3) is 0 Å². The van der Waals surface area contributed by atoms with Crippen LogP contribution in [0.2, 0.25) is 0 Å². The standard InChI is InChI=1S/C22H33N5O.HI/c1-23-22(25-13-11-21-10-7-19-28-21)24-12-5-6-14-26-15-17-27(18-16-26)20-8-3-2-4-9-20;/h2-4,7-10,19H,5-6,11-18H2,1H3,(H2,23,24,25);1H. The van der Waals surface area contributed by atoms with Gasteiger partial charge in [-0.1, -0.05) is 18.2 Å². The number of guanidine groups is 1. The van der Waals surface area contributed by atoms with Gasteiger partial charge in [0.15, 0.2) is 5.96 Å². The molecule has 1 saturated heterocycles. The Morgan fingerprint density at radius 1 is 0.966 bits per heavy atom. The van der Waals surface area contributed by atoms with Crippen LogP contribution < -0.4 is 15.5 Å². The highest BCUT2D eigenvalue weighted by Crippen LogP contribution is 2.15. The third-order valence-corrected chi connectivity index (χ3v) is 5.15. The van der Waals surface area contributed by atoms with E-state index in [-0.39, 0.29) is 24.0 Å². The van der Waals surface area contributed by atoms with Crippen molar-refractivity contribution in [2.75, 3.05) is 57.8 Å². The number of aliphatic imine (C=N–C) groups is 1. The topological polar surface area (TPSA) is 56.0 Å². The zero-order chi connectivity index (χ0) is 19.4. The van der Waals surface area contributed by atoms with Crippen LogP contribution in [-0.2, 0) is 6.42 Å². The number of unbranched alkanes of at least 4 members (excludes halogenated alkanes) is 1. The van der Waals surface area contributed by atoms with E-state index in [4.69, 9.17) is 4.42 Å². The summed E-state index contributed by atoms with van der Waals surface area (Å²) >= 11 is 0. The fourth-order valence-corrected chi connectivity index (χ4v) is 3.52. The summed E-state index contributed by atoms with van der Waals surface area (Å²) in [5, 5.41) is 6.73. The lowest BCUT2D eigenvalue weighted by molar-refractivity contribution is 0.253. The third-order valence-electron chi connectivity index (χ3n) is 5.15. The van der Waals surface area contributed by atoms with Crippen molar-refractivity contribution in [3.63, 3.8) is 0 Å². The van der Waals surface area contributed by atoms with Crippen molar-refractivity contribution in [2.24, 2.45) is 4.99 Å². The Bertz CT molecular complexity index is 684. The van der Waals surface area contributed by atoms with E-state index < -0.39 is 0 Å². The minimum atomic E-state index is 0. The number of nitrogens with one attached hydrogen (secondary N) is 2. The lowest BCUT2D eigenvalue weighted by Gasteiger charge is -2.36. The smallest absolute Gasteiger partial charge is 0.190 e. The molecule has 2 heterocycles. The number of piperazine rings is 1. The van der Waals surface area contributed by atoms with E-state index in [0.29, 0.717) is 0 Å². The molecule has 0 spiro atoms. The molecular formula is C22H34IN5O. The van der Waals surface area contributed by atoms with Crippen LogP contribution in [0.25, 0.3) is 0 Å². The van der Waals surface area contributed by atoms with Gasteiger partial charge in [0.1, 0.15) is 5.76 Å². The van der Waals surface area contributed by atoms with Crippen LogP contribution in [0.1, 0.15) is 18.6 Å². The van der Waals surface area contributed by atoms with Gasteiger partial charge in [-0.2, -0.15) is 0 Å². The fourth-order valence-electron chi connectivity index (χ4n) is 3.52. The molecule has 2 N–H and O–H groups in total. The lowest BCUT2D eigenvalue weighted by Crippen LogP contribution is -2.46. The summed E-state index contributed by atoms with van der Waals surface area (Å²) in [4.78, 5) is 9.34. The van der Waals surface area contributed by atoms with E-state index in [1.807, 2.05) is 19.2 Å². The number of nitrogens with zero attached hydrogens (tertiary/aromatic N) is 3. The molecule has 0 saturated carbocycles. The molecule has 0 atom stereocenters. The Hall–Kier alpha value is -1.74. The van der Waals surface area contributed by atoms with Gasteiger partial charge in [-0.05, 0) is 43.7 Å². The second-order valence-electron chi connectivity index (χ2n) is 7.13. The van der Waals surface area contributed by atoms with E-state index in [1.54, 1.807) is 6.26 Å². The molecule has 1 aliphatic heterocycles. The summed E-state index contributed by atoms with van der Waals surface area (Å²) in [5.74, 6) is 1.86. The van der Waals surface area contributed by atoms with Gasteiger partial charge in [-0.25, -0.2) is 0 Å². The molecule has 7 heteroatoms. The fraction of sp³-hybridized carbons (Fsp3) is 0.500. The van der Waals surface area contributed by atoms with E-state index in [2.05, 4.69) is 55.8 Å². The third kappa shape index (κ3) is 8.26. The molecule has 1 aromatic heterocycles. The van der Waals surface area contributed by atoms with E-state index in [9.17, 15) is 0 Å². The Labute approximate surface area is 191 Å². The highest BCUT2D eigenvalue weighted by atomic mass is 127. The average molecular weight is 511 g/mol. The van der Waals surface area contributed by atoms with E-state index in [0.717, 1.165) is 63.8 Å². The molecule has 0 aliphatic carbocycles. The second kappa shape index (κ2) is 13.5. The molecule has 2 aromatic rings. The summed E-state index contributed by atoms with van der Waals surface area (Å²) in [6.45, 7) is 7.48. The minimum Gasteiger partial charge on any atom is -0.469 e. The van der Waals surface area contributed by atoms with Gasteiger partial charge < -0.3 is 20.0 Å². The van der Waals surface area contributed by atoms with Crippen LogP contribution >= 0.6 is 24.0 Å². The quantitative estimate of drug-likeness (QED) is 0.235. The van der Waals surface area contributed by atoms with Crippen molar-refractivity contribution in [1.29, 1.82) is 0 Å². The largest absolute Gasteiger partial charge is 0.469 e. The van der Waals surface area contributed by atoms with Crippen LogP contribution in [0.5, 0.6) is 0 Å². The number of hydrogen-bond acceptors (Lipinski definition) is 4. The Balaban J connectivity index is 0.00000300. The Morgan fingerprint density at radius 3 is 2.41 bits per heavy atom. The van der Waals surface area contributed by atoms with Crippen LogP contribution in [0, 0.1) is 0 Å². The summed E-state index contributed by atoms with van der Waals surface area (Å²) < 4.78 is 5.34. The van der Waals surface area contributed by atoms with Gasteiger partial charge in [0.05, 0.1) is 6.26 Å². The lowest BCUT2D eigenvalue weighted by atomic mass is 10.2. The second-order valence-corrected chi connectivity index (χ2v) is 7.13. The molecule has 1 aliphatic rings. The number of anilines is 1. The van der Waals surface area contributed by atoms with Gasteiger partial charge in [-0.15, -0.1) is 24.0 Å².